The van der Waals surface area contributed by atoms with E-state index in [4.69, 9.17) is 5.73 Å². The number of nitrogens with two attached hydrogens (primary N) is 1. The topological polar surface area (TPSA) is 84.2 Å². The van der Waals surface area contributed by atoms with Gasteiger partial charge in [0.2, 0.25) is 5.91 Å². The van der Waals surface area contributed by atoms with Crippen LogP contribution < -0.4 is 16.4 Å². The summed E-state index contributed by atoms with van der Waals surface area (Å²) in [6.45, 7) is 2.17. The van der Waals surface area contributed by atoms with Gasteiger partial charge >= 0.3 is 6.03 Å². The predicted octanol–water partition coefficient (Wildman–Crippen LogP) is 2.43. The third kappa shape index (κ3) is 6.57. The number of primary amides is 1. The Morgan fingerprint density at radius 1 is 1.38 bits per heavy atom. The fraction of sp³-hybridized carbons (Fsp3) is 0.429. The van der Waals surface area contributed by atoms with Crippen LogP contribution in [0.2, 0.25) is 0 Å². The van der Waals surface area contributed by atoms with Gasteiger partial charge in [0.15, 0.2) is 0 Å². The molecule has 1 aromatic carbocycles. The highest BCUT2D eigenvalue weighted by atomic mass is 79.9. The molecule has 0 aliphatic heterocycles. The third-order valence-electron chi connectivity index (χ3n) is 2.87. The van der Waals surface area contributed by atoms with E-state index in [2.05, 4.69) is 26.6 Å². The third-order valence-corrected chi connectivity index (χ3v) is 3.33. The van der Waals surface area contributed by atoms with Gasteiger partial charge in [0.25, 0.3) is 0 Å². The van der Waals surface area contributed by atoms with Crippen LogP contribution in [0.1, 0.15) is 31.7 Å². The molecule has 0 saturated carbocycles. The molecule has 0 aromatic heterocycles. The van der Waals surface area contributed by atoms with E-state index in [1.54, 1.807) is 6.07 Å². The fourth-order valence-corrected chi connectivity index (χ4v) is 2.39. The number of unbranched alkanes of at least 4 members (excludes halogenated alkanes) is 1. The molecule has 4 N–H and O–H groups in total. The minimum absolute atomic E-state index is 0.179. The number of amides is 3. The first kappa shape index (κ1) is 17.4. The lowest BCUT2D eigenvalue weighted by atomic mass is 10.1. The van der Waals surface area contributed by atoms with E-state index in [1.165, 1.54) is 12.1 Å². The first-order valence-electron chi connectivity index (χ1n) is 6.71. The largest absolute Gasteiger partial charge is 0.352 e. The molecular weight excluding hydrogens is 341 g/mol. The van der Waals surface area contributed by atoms with E-state index < -0.39 is 12.1 Å². The molecule has 1 unspecified atom stereocenters. The first-order chi connectivity index (χ1) is 9.92. The van der Waals surface area contributed by atoms with E-state index in [1.807, 2.05) is 6.92 Å². The Kier molecular flexibility index (Phi) is 7.14. The van der Waals surface area contributed by atoms with Crippen molar-refractivity contribution in [1.82, 2.24) is 10.6 Å². The van der Waals surface area contributed by atoms with Crippen molar-refractivity contribution < 1.29 is 14.0 Å². The lowest BCUT2D eigenvalue weighted by Crippen LogP contribution is -2.48. The van der Waals surface area contributed by atoms with Gasteiger partial charge in [-0.3, -0.25) is 4.79 Å². The molecule has 116 valence electrons. The van der Waals surface area contributed by atoms with Crippen molar-refractivity contribution in [2.45, 2.75) is 38.8 Å². The maximum Gasteiger partial charge on any atom is 0.312 e. The molecule has 0 aliphatic rings. The van der Waals surface area contributed by atoms with Crippen molar-refractivity contribution in [2.24, 2.45) is 5.73 Å². The van der Waals surface area contributed by atoms with Gasteiger partial charge in [0, 0.05) is 11.0 Å². The van der Waals surface area contributed by atoms with E-state index in [0.717, 1.165) is 12.8 Å². The van der Waals surface area contributed by atoms with Gasteiger partial charge in [-0.1, -0.05) is 35.7 Å². The van der Waals surface area contributed by atoms with Crippen molar-refractivity contribution in [2.75, 3.05) is 0 Å². The van der Waals surface area contributed by atoms with Crippen molar-refractivity contribution in [3.05, 3.63) is 34.1 Å². The molecule has 0 saturated heterocycles. The SMILES string of the molecule is CCCCC(NC(N)=O)C(=O)NCc1cc(F)cc(Br)c1. The van der Waals surface area contributed by atoms with Gasteiger partial charge in [-0.2, -0.15) is 0 Å². The minimum atomic E-state index is -0.736. The quantitative estimate of drug-likeness (QED) is 0.698. The van der Waals surface area contributed by atoms with Gasteiger partial charge in [-0.15, -0.1) is 0 Å². The fourth-order valence-electron chi connectivity index (χ4n) is 1.87. The zero-order valence-electron chi connectivity index (χ0n) is 11.8. The molecule has 1 rings (SSSR count). The molecule has 0 aliphatic carbocycles. The second kappa shape index (κ2) is 8.61. The number of carbonyl (C=O) groups is 2. The Labute approximate surface area is 131 Å². The Hall–Kier alpha value is -1.63. The number of benzene rings is 1. The van der Waals surface area contributed by atoms with Crippen LogP contribution in [0.5, 0.6) is 0 Å². The Morgan fingerprint density at radius 3 is 2.67 bits per heavy atom. The second-order valence-corrected chi connectivity index (χ2v) is 5.61. The van der Waals surface area contributed by atoms with Gasteiger partial charge in [0.05, 0.1) is 0 Å². The van der Waals surface area contributed by atoms with Gasteiger partial charge in [-0.05, 0) is 30.2 Å². The number of hydrogen-bond donors (Lipinski definition) is 3. The average Bonchev–Trinajstić information content (AvgIpc) is 2.39. The molecule has 1 aromatic rings. The van der Waals surface area contributed by atoms with E-state index in [-0.39, 0.29) is 18.3 Å². The summed E-state index contributed by atoms with van der Waals surface area (Å²) in [5.41, 5.74) is 5.69. The van der Waals surface area contributed by atoms with Crippen LogP contribution in [0, 0.1) is 5.82 Å². The molecule has 0 radical (unpaired) electrons. The molecule has 7 heteroatoms. The molecule has 0 spiro atoms. The number of nitrogens with one attached hydrogen (secondary N) is 2. The molecule has 1 atom stereocenters. The molecule has 21 heavy (non-hydrogen) atoms. The van der Waals surface area contributed by atoms with Crippen LogP contribution >= 0.6 is 15.9 Å². The van der Waals surface area contributed by atoms with Gasteiger partial charge in [-0.25, -0.2) is 9.18 Å². The van der Waals surface area contributed by atoms with E-state index >= 15 is 0 Å². The van der Waals surface area contributed by atoms with Crippen molar-refractivity contribution in [3.8, 4) is 0 Å². The Morgan fingerprint density at radius 2 is 2.10 bits per heavy atom. The zero-order chi connectivity index (χ0) is 15.8. The van der Waals surface area contributed by atoms with Crippen LogP contribution in [-0.4, -0.2) is 18.0 Å². The zero-order valence-corrected chi connectivity index (χ0v) is 13.4. The van der Waals surface area contributed by atoms with Crippen LogP contribution in [0.25, 0.3) is 0 Å². The summed E-state index contributed by atoms with van der Waals surface area (Å²) in [5.74, 6) is -0.714. The Balaban J connectivity index is 2.61. The highest BCUT2D eigenvalue weighted by Gasteiger charge is 2.18. The normalized spacial score (nSPS) is 11.8. The summed E-state index contributed by atoms with van der Waals surface area (Å²) in [6, 6.07) is 2.99. The number of urea groups is 1. The molecule has 5 nitrogen and oxygen atoms in total. The minimum Gasteiger partial charge on any atom is -0.352 e. The van der Waals surface area contributed by atoms with Gasteiger partial charge in [0.1, 0.15) is 11.9 Å². The van der Waals surface area contributed by atoms with Crippen LogP contribution in [0.15, 0.2) is 22.7 Å². The lowest BCUT2D eigenvalue weighted by molar-refractivity contribution is -0.123. The van der Waals surface area contributed by atoms with Gasteiger partial charge < -0.3 is 16.4 Å². The summed E-state index contributed by atoms with van der Waals surface area (Å²) in [6.07, 6.45) is 2.21. The monoisotopic (exact) mass is 359 g/mol. The summed E-state index contributed by atoms with van der Waals surface area (Å²) < 4.78 is 13.8. The maximum atomic E-state index is 13.2. The highest BCUT2D eigenvalue weighted by Crippen LogP contribution is 2.14. The smallest absolute Gasteiger partial charge is 0.312 e. The molecule has 0 fully saturated rings. The number of halogens is 2. The predicted molar refractivity (Wildman–Crippen MR) is 82.0 cm³/mol. The average molecular weight is 360 g/mol. The van der Waals surface area contributed by atoms with Crippen LogP contribution in [-0.2, 0) is 11.3 Å². The highest BCUT2D eigenvalue weighted by molar-refractivity contribution is 9.10. The summed E-state index contributed by atoms with van der Waals surface area (Å²) in [5, 5.41) is 5.09. The summed E-state index contributed by atoms with van der Waals surface area (Å²) in [7, 11) is 0. The molecule has 0 heterocycles. The first-order valence-corrected chi connectivity index (χ1v) is 7.50. The number of hydrogen-bond acceptors (Lipinski definition) is 2. The number of rotatable bonds is 7. The Bertz CT molecular complexity index is 491. The number of carbonyl (C=O) groups excluding carboxylic acids is 2. The molecular formula is C14H19BrFN3O2. The molecule has 3 amide bonds. The van der Waals surface area contributed by atoms with Crippen molar-refractivity contribution >= 4 is 27.9 Å². The van der Waals surface area contributed by atoms with Crippen molar-refractivity contribution in [1.29, 1.82) is 0 Å². The second-order valence-electron chi connectivity index (χ2n) is 4.70. The van der Waals surface area contributed by atoms with Crippen LogP contribution in [0.3, 0.4) is 0 Å². The lowest BCUT2D eigenvalue weighted by Gasteiger charge is -2.17. The molecule has 0 bridgehead atoms. The van der Waals surface area contributed by atoms with Crippen molar-refractivity contribution in [3.63, 3.8) is 0 Å². The van der Waals surface area contributed by atoms with E-state index in [9.17, 15) is 14.0 Å². The van der Waals surface area contributed by atoms with E-state index in [0.29, 0.717) is 16.5 Å². The summed E-state index contributed by atoms with van der Waals surface area (Å²) in [4.78, 5) is 23.0. The summed E-state index contributed by atoms with van der Waals surface area (Å²) >= 11 is 3.19. The van der Waals surface area contributed by atoms with Crippen LogP contribution in [0.4, 0.5) is 9.18 Å². The maximum absolute atomic E-state index is 13.2. The standard InChI is InChI=1S/C14H19BrFN3O2/c1-2-3-4-12(19-14(17)21)13(20)18-8-9-5-10(15)7-11(16)6-9/h5-7,12H,2-4,8H2,1H3,(H,18,20)(H3,17,19,21).